The molecule has 0 aliphatic heterocycles. The lowest BCUT2D eigenvalue weighted by atomic mass is 10.3. The maximum absolute atomic E-state index is 10.0. The minimum atomic E-state index is -1.29. The number of carboxylic acid groups (broad SMARTS) is 1. The molecule has 0 fully saturated rings. The molecule has 0 saturated carbocycles. The lowest BCUT2D eigenvalue weighted by Crippen LogP contribution is -2.36. The third kappa shape index (κ3) is 4.29. The van der Waals surface area contributed by atoms with Crippen LogP contribution >= 0.6 is 0 Å². The van der Waals surface area contributed by atoms with E-state index in [-0.39, 0.29) is 12.6 Å². The lowest BCUT2D eigenvalue weighted by molar-refractivity contribution is -0.146. The van der Waals surface area contributed by atoms with Gasteiger partial charge in [0.15, 0.2) is 6.10 Å². The summed E-state index contributed by atoms with van der Waals surface area (Å²) < 4.78 is 0. The quantitative estimate of drug-likeness (QED) is 0.498. The van der Waals surface area contributed by atoms with Crippen LogP contribution in [0, 0.1) is 0 Å². The van der Waals surface area contributed by atoms with Crippen LogP contribution in [0.25, 0.3) is 0 Å². The number of aliphatic hydroxyl groups is 1. The lowest BCUT2D eigenvalue weighted by Gasteiger charge is -2.09. The highest BCUT2D eigenvalue weighted by atomic mass is 16.4. The van der Waals surface area contributed by atoms with E-state index in [0.29, 0.717) is 0 Å². The summed E-state index contributed by atoms with van der Waals surface area (Å²) in [6.45, 7) is 3.87. The summed E-state index contributed by atoms with van der Waals surface area (Å²) in [5, 5.41) is 19.7. The molecule has 0 aromatic rings. The summed E-state index contributed by atoms with van der Waals surface area (Å²) in [6, 6.07) is 0.203. The highest BCUT2D eigenvalue weighted by Crippen LogP contribution is 1.82. The molecule has 10 heavy (non-hydrogen) atoms. The average Bonchev–Trinajstić information content (AvgIpc) is 1.82. The van der Waals surface area contributed by atoms with Gasteiger partial charge in [-0.05, 0) is 0 Å². The number of carbonyl (C=O) groups is 1. The van der Waals surface area contributed by atoms with Crippen LogP contribution < -0.4 is 5.32 Å². The topological polar surface area (TPSA) is 69.6 Å². The number of nitrogens with one attached hydrogen (secondary N) is 1. The van der Waals surface area contributed by atoms with E-state index in [1.54, 1.807) is 0 Å². The van der Waals surface area contributed by atoms with Crippen LogP contribution in [0.4, 0.5) is 0 Å². The molecule has 0 radical (unpaired) electrons. The molecule has 3 N–H and O–H groups in total. The molecule has 4 heteroatoms. The monoisotopic (exact) mass is 147 g/mol. The Morgan fingerprint density at radius 2 is 2.10 bits per heavy atom. The van der Waals surface area contributed by atoms with Crippen molar-refractivity contribution in [2.24, 2.45) is 0 Å². The Labute approximate surface area is 59.9 Å². The zero-order valence-corrected chi connectivity index (χ0v) is 6.16. The normalized spacial score (nSPS) is 13.6. The second-order valence-corrected chi connectivity index (χ2v) is 2.42. The minimum absolute atomic E-state index is 0.104. The number of rotatable bonds is 4. The van der Waals surface area contributed by atoms with Gasteiger partial charge in [0.05, 0.1) is 0 Å². The van der Waals surface area contributed by atoms with Crippen LogP contribution in [0.2, 0.25) is 0 Å². The predicted octanol–water partition coefficient (Wildman–Crippen LogP) is -0.570. The molecule has 60 valence electrons. The van der Waals surface area contributed by atoms with E-state index >= 15 is 0 Å². The van der Waals surface area contributed by atoms with Crippen molar-refractivity contribution in [1.29, 1.82) is 0 Å². The first kappa shape index (κ1) is 9.39. The van der Waals surface area contributed by atoms with Crippen LogP contribution in [0.5, 0.6) is 0 Å². The highest BCUT2D eigenvalue weighted by molar-refractivity contribution is 5.72. The molecular weight excluding hydrogens is 134 g/mol. The van der Waals surface area contributed by atoms with Crippen molar-refractivity contribution in [3.05, 3.63) is 0 Å². The van der Waals surface area contributed by atoms with E-state index in [9.17, 15) is 4.79 Å². The van der Waals surface area contributed by atoms with Crippen molar-refractivity contribution in [2.45, 2.75) is 26.0 Å². The van der Waals surface area contributed by atoms with Gasteiger partial charge in [0, 0.05) is 12.6 Å². The summed E-state index contributed by atoms with van der Waals surface area (Å²) in [5.74, 6) is -1.19. The number of aliphatic hydroxyl groups excluding tert-OH is 1. The minimum Gasteiger partial charge on any atom is -0.479 e. The van der Waals surface area contributed by atoms with E-state index in [0.717, 1.165) is 0 Å². The summed E-state index contributed by atoms with van der Waals surface area (Å²) in [5.41, 5.74) is 0. The molecule has 0 amide bonds. The Morgan fingerprint density at radius 1 is 1.60 bits per heavy atom. The van der Waals surface area contributed by atoms with Gasteiger partial charge in [-0.3, -0.25) is 0 Å². The molecule has 0 aromatic carbocycles. The number of carboxylic acids is 1. The largest absolute Gasteiger partial charge is 0.479 e. The summed E-state index contributed by atoms with van der Waals surface area (Å²) >= 11 is 0. The van der Waals surface area contributed by atoms with Gasteiger partial charge in [-0.15, -0.1) is 0 Å². The first-order chi connectivity index (χ1) is 4.54. The third-order valence-electron chi connectivity index (χ3n) is 1.00. The van der Waals surface area contributed by atoms with Gasteiger partial charge in [-0.1, -0.05) is 13.8 Å². The standard InChI is InChI=1S/C6H13NO3/c1-4(2)7-3-5(8)6(9)10/h4-5,7-8H,3H2,1-2H3,(H,9,10)/t5-/m1/s1. The van der Waals surface area contributed by atoms with Crippen LogP contribution in [0.15, 0.2) is 0 Å². The molecule has 0 heterocycles. The molecular formula is C6H13NO3. The van der Waals surface area contributed by atoms with Crippen molar-refractivity contribution >= 4 is 5.97 Å². The molecule has 1 atom stereocenters. The van der Waals surface area contributed by atoms with Crippen LogP contribution in [-0.4, -0.2) is 34.9 Å². The maximum Gasteiger partial charge on any atom is 0.333 e. The van der Waals surface area contributed by atoms with Gasteiger partial charge in [0.25, 0.3) is 0 Å². The molecule has 0 aliphatic carbocycles. The molecule has 4 nitrogen and oxygen atoms in total. The third-order valence-corrected chi connectivity index (χ3v) is 1.00. The van der Waals surface area contributed by atoms with E-state index in [1.165, 1.54) is 0 Å². The summed E-state index contributed by atoms with van der Waals surface area (Å²) in [7, 11) is 0. The molecule has 0 saturated heterocycles. The van der Waals surface area contributed by atoms with Gasteiger partial charge < -0.3 is 15.5 Å². The number of hydrogen-bond acceptors (Lipinski definition) is 3. The molecule has 0 aromatic heterocycles. The average molecular weight is 147 g/mol. The Hall–Kier alpha value is -0.610. The molecule has 0 spiro atoms. The fourth-order valence-corrected chi connectivity index (χ4v) is 0.435. The van der Waals surface area contributed by atoms with Crippen LogP contribution in [-0.2, 0) is 4.79 Å². The van der Waals surface area contributed by atoms with E-state index < -0.39 is 12.1 Å². The molecule has 0 bridgehead atoms. The van der Waals surface area contributed by atoms with Crippen molar-refractivity contribution in [1.82, 2.24) is 5.32 Å². The Morgan fingerprint density at radius 3 is 2.40 bits per heavy atom. The first-order valence-electron chi connectivity index (χ1n) is 3.18. The van der Waals surface area contributed by atoms with Gasteiger partial charge in [-0.2, -0.15) is 0 Å². The summed E-state index contributed by atoms with van der Waals surface area (Å²) in [6.07, 6.45) is -1.29. The van der Waals surface area contributed by atoms with E-state index in [1.807, 2.05) is 13.8 Å². The fraction of sp³-hybridized carbons (Fsp3) is 0.833. The SMILES string of the molecule is CC(C)NC[C@@H](O)C(=O)O. The van der Waals surface area contributed by atoms with E-state index in [4.69, 9.17) is 10.2 Å². The fourth-order valence-electron chi connectivity index (χ4n) is 0.435. The van der Waals surface area contributed by atoms with Crippen molar-refractivity contribution < 1.29 is 15.0 Å². The first-order valence-corrected chi connectivity index (χ1v) is 3.18. The second kappa shape index (κ2) is 4.24. The van der Waals surface area contributed by atoms with Crippen LogP contribution in [0.1, 0.15) is 13.8 Å². The Kier molecular flexibility index (Phi) is 3.99. The predicted molar refractivity (Wildman–Crippen MR) is 36.8 cm³/mol. The summed E-state index contributed by atoms with van der Waals surface area (Å²) in [4.78, 5) is 10.0. The van der Waals surface area contributed by atoms with Crippen molar-refractivity contribution in [3.8, 4) is 0 Å². The van der Waals surface area contributed by atoms with Gasteiger partial charge >= 0.3 is 5.97 Å². The van der Waals surface area contributed by atoms with Gasteiger partial charge in [0.2, 0.25) is 0 Å². The Bertz CT molecular complexity index is 114. The zero-order valence-electron chi connectivity index (χ0n) is 6.16. The smallest absolute Gasteiger partial charge is 0.333 e. The molecule has 0 aliphatic rings. The highest BCUT2D eigenvalue weighted by Gasteiger charge is 2.11. The molecule has 0 unspecified atom stereocenters. The Balaban J connectivity index is 3.40. The van der Waals surface area contributed by atoms with Crippen LogP contribution in [0.3, 0.4) is 0 Å². The second-order valence-electron chi connectivity index (χ2n) is 2.42. The van der Waals surface area contributed by atoms with E-state index in [2.05, 4.69) is 5.32 Å². The van der Waals surface area contributed by atoms with Crippen molar-refractivity contribution in [3.63, 3.8) is 0 Å². The van der Waals surface area contributed by atoms with Gasteiger partial charge in [0.1, 0.15) is 0 Å². The van der Waals surface area contributed by atoms with Gasteiger partial charge in [-0.25, -0.2) is 4.79 Å². The number of hydrogen-bond donors (Lipinski definition) is 3. The maximum atomic E-state index is 10.0. The zero-order chi connectivity index (χ0) is 8.15. The van der Waals surface area contributed by atoms with Crippen molar-refractivity contribution in [2.75, 3.05) is 6.54 Å². The number of aliphatic carboxylic acids is 1. The molecule has 0 rings (SSSR count).